The molecule has 7 atom stereocenters. The molecule has 0 saturated carbocycles. The molecule has 8 N–H and O–H groups in total. The first-order valence-corrected chi connectivity index (χ1v) is 9.72. The van der Waals surface area contributed by atoms with Gasteiger partial charge in [-0.3, -0.25) is 4.79 Å². The Hall–Kier alpha value is -2.93. The summed E-state index contributed by atoms with van der Waals surface area (Å²) in [6.45, 7) is -0.733. The Bertz CT molecular complexity index is 1020. The largest absolute Gasteiger partial charge is 0.508 e. The number of hydrogen-bond donors (Lipinski definition) is 8. The fourth-order valence-corrected chi connectivity index (χ4v) is 4.00. The van der Waals surface area contributed by atoms with Crippen LogP contribution in [0.15, 0.2) is 30.3 Å². The van der Waals surface area contributed by atoms with Gasteiger partial charge in [-0.1, -0.05) is 12.1 Å². The summed E-state index contributed by atoms with van der Waals surface area (Å²) in [4.78, 5) is 12.9. The number of aliphatic hydroxyl groups excluding tert-OH is 5. The van der Waals surface area contributed by atoms with Crippen molar-refractivity contribution >= 4 is 5.78 Å². The molecule has 0 aliphatic carbocycles. The number of fused-ring (bicyclic) bond motifs is 1. The van der Waals surface area contributed by atoms with E-state index in [9.17, 15) is 45.6 Å². The smallest absolute Gasteiger partial charge is 0.202 e. The fourth-order valence-electron chi connectivity index (χ4n) is 4.00. The van der Waals surface area contributed by atoms with Crippen molar-refractivity contribution in [1.29, 1.82) is 0 Å². The standard InChI is InChI=1S/C21H22O11/c22-6-11-14(25)17(28)19(30)21(32-11)12-9(24)5-10-13(15(12)26)16(27)18(29)20(31-10)7-1-3-8(23)4-2-7/h1-5,11,14,17-26,28-30H,6H2/t11-,14-,17+,18+,19-,20-,21-/m1/s1. The lowest BCUT2D eigenvalue weighted by Gasteiger charge is -2.41. The SMILES string of the molecule is O=C1c2c(cc(O)c([C@H]3O[C@H](CO)[C@@H](O)[C@H](O)[C@H]3O)c2O)O[C@H](c2ccc(O)cc2)[C@H]1O. The Morgan fingerprint density at radius 3 is 2.16 bits per heavy atom. The normalized spacial score (nSPS) is 32.3. The molecule has 0 unspecified atom stereocenters. The number of phenolic OH excluding ortho intramolecular Hbond substituents is 3. The van der Waals surface area contributed by atoms with Crippen molar-refractivity contribution in [2.45, 2.75) is 42.7 Å². The Labute approximate surface area is 181 Å². The van der Waals surface area contributed by atoms with Crippen LogP contribution in [0.4, 0.5) is 0 Å². The molecule has 0 radical (unpaired) electrons. The number of ether oxygens (including phenoxy) is 2. The van der Waals surface area contributed by atoms with Gasteiger partial charge < -0.3 is 50.3 Å². The summed E-state index contributed by atoms with van der Waals surface area (Å²) >= 11 is 0. The van der Waals surface area contributed by atoms with Gasteiger partial charge in [0.2, 0.25) is 5.78 Å². The minimum atomic E-state index is -1.82. The number of hydrogen-bond acceptors (Lipinski definition) is 11. The van der Waals surface area contributed by atoms with Gasteiger partial charge in [0.25, 0.3) is 0 Å². The lowest BCUT2D eigenvalue weighted by atomic mass is 9.86. The number of aromatic hydroxyl groups is 3. The first-order chi connectivity index (χ1) is 15.1. The van der Waals surface area contributed by atoms with Gasteiger partial charge in [0.1, 0.15) is 59.1 Å². The Morgan fingerprint density at radius 2 is 1.53 bits per heavy atom. The predicted octanol–water partition coefficient (Wildman–Crippen LogP) is -1.00. The van der Waals surface area contributed by atoms with Gasteiger partial charge in [-0.05, 0) is 17.7 Å². The molecule has 2 aliphatic heterocycles. The fraction of sp³-hybridized carbons (Fsp3) is 0.381. The lowest BCUT2D eigenvalue weighted by molar-refractivity contribution is -0.232. The summed E-state index contributed by atoms with van der Waals surface area (Å²) in [7, 11) is 0. The van der Waals surface area contributed by atoms with Crippen LogP contribution in [0.3, 0.4) is 0 Å². The second-order valence-electron chi connectivity index (χ2n) is 7.72. The highest BCUT2D eigenvalue weighted by Gasteiger charge is 2.48. The minimum Gasteiger partial charge on any atom is -0.508 e. The van der Waals surface area contributed by atoms with E-state index in [1.807, 2.05) is 0 Å². The van der Waals surface area contributed by atoms with E-state index < -0.39 is 77.7 Å². The molecule has 0 spiro atoms. The van der Waals surface area contributed by atoms with Gasteiger partial charge >= 0.3 is 0 Å². The highest BCUT2D eigenvalue weighted by Crippen LogP contribution is 2.49. The van der Waals surface area contributed by atoms with Crippen molar-refractivity contribution in [1.82, 2.24) is 0 Å². The zero-order valence-electron chi connectivity index (χ0n) is 16.4. The molecule has 32 heavy (non-hydrogen) atoms. The molecule has 1 fully saturated rings. The molecule has 11 heteroatoms. The van der Waals surface area contributed by atoms with E-state index in [-0.39, 0.29) is 11.5 Å². The molecular weight excluding hydrogens is 428 g/mol. The van der Waals surface area contributed by atoms with Crippen LogP contribution in [0.25, 0.3) is 0 Å². The van der Waals surface area contributed by atoms with Crippen LogP contribution in [0.2, 0.25) is 0 Å². The van der Waals surface area contributed by atoms with Crippen LogP contribution in [-0.2, 0) is 4.74 Å². The monoisotopic (exact) mass is 450 g/mol. The van der Waals surface area contributed by atoms with E-state index in [0.717, 1.165) is 6.07 Å². The van der Waals surface area contributed by atoms with E-state index in [4.69, 9.17) is 9.47 Å². The first kappa shape index (κ1) is 22.3. The molecule has 4 rings (SSSR count). The van der Waals surface area contributed by atoms with E-state index in [0.29, 0.717) is 5.56 Å². The Morgan fingerprint density at radius 1 is 0.875 bits per heavy atom. The Kier molecular flexibility index (Phi) is 5.71. The van der Waals surface area contributed by atoms with Gasteiger partial charge in [-0.25, -0.2) is 0 Å². The summed E-state index contributed by atoms with van der Waals surface area (Å²) in [5, 5.41) is 80.9. The maximum Gasteiger partial charge on any atom is 0.202 e. The summed E-state index contributed by atoms with van der Waals surface area (Å²) in [5.41, 5.74) is -0.600. The molecule has 172 valence electrons. The summed E-state index contributed by atoms with van der Waals surface area (Å²) in [6.07, 6.45) is -11.1. The molecule has 2 aromatic carbocycles. The topological polar surface area (TPSA) is 197 Å². The third-order valence-corrected chi connectivity index (χ3v) is 5.74. The van der Waals surface area contributed by atoms with Crippen molar-refractivity contribution in [3.63, 3.8) is 0 Å². The minimum absolute atomic E-state index is 0.0368. The van der Waals surface area contributed by atoms with E-state index in [1.165, 1.54) is 24.3 Å². The van der Waals surface area contributed by atoms with Crippen molar-refractivity contribution in [3.8, 4) is 23.0 Å². The summed E-state index contributed by atoms with van der Waals surface area (Å²) < 4.78 is 11.0. The quantitative estimate of drug-likeness (QED) is 0.285. The summed E-state index contributed by atoms with van der Waals surface area (Å²) in [6, 6.07) is 6.53. The van der Waals surface area contributed by atoms with Crippen molar-refractivity contribution in [3.05, 3.63) is 47.0 Å². The molecule has 2 heterocycles. The zero-order chi connectivity index (χ0) is 23.3. The summed E-state index contributed by atoms with van der Waals surface area (Å²) in [5.74, 6) is -2.73. The van der Waals surface area contributed by atoms with Gasteiger partial charge in [0.05, 0.1) is 12.2 Å². The molecular formula is C21H22O11. The second kappa shape index (κ2) is 8.20. The van der Waals surface area contributed by atoms with E-state index in [2.05, 4.69) is 0 Å². The number of Topliss-reactive ketones (excluding diaryl/α,β-unsaturated/α-hetero) is 1. The molecule has 11 nitrogen and oxygen atoms in total. The van der Waals surface area contributed by atoms with Gasteiger partial charge in [0.15, 0.2) is 12.2 Å². The van der Waals surface area contributed by atoms with Crippen LogP contribution >= 0.6 is 0 Å². The molecule has 2 aliphatic rings. The Balaban J connectivity index is 1.76. The number of aliphatic hydroxyl groups is 5. The third-order valence-electron chi connectivity index (χ3n) is 5.74. The van der Waals surface area contributed by atoms with Crippen molar-refractivity contribution < 1.29 is 55.1 Å². The molecule has 0 aromatic heterocycles. The second-order valence-corrected chi connectivity index (χ2v) is 7.72. The zero-order valence-corrected chi connectivity index (χ0v) is 16.4. The van der Waals surface area contributed by atoms with Crippen LogP contribution in [0, 0.1) is 0 Å². The molecule has 2 aromatic rings. The number of carbonyl (C=O) groups excluding carboxylic acids is 1. The highest BCUT2D eigenvalue weighted by molar-refractivity contribution is 6.06. The van der Waals surface area contributed by atoms with Crippen LogP contribution in [-0.4, -0.2) is 83.8 Å². The van der Waals surface area contributed by atoms with E-state index in [1.54, 1.807) is 0 Å². The van der Waals surface area contributed by atoms with Crippen LogP contribution < -0.4 is 4.74 Å². The predicted molar refractivity (Wildman–Crippen MR) is 104 cm³/mol. The highest BCUT2D eigenvalue weighted by atomic mass is 16.5. The maximum atomic E-state index is 12.9. The maximum absolute atomic E-state index is 12.9. The van der Waals surface area contributed by atoms with Crippen molar-refractivity contribution in [2.24, 2.45) is 0 Å². The van der Waals surface area contributed by atoms with Gasteiger partial charge in [-0.15, -0.1) is 0 Å². The van der Waals surface area contributed by atoms with Crippen molar-refractivity contribution in [2.75, 3.05) is 6.61 Å². The average Bonchev–Trinajstić information content (AvgIpc) is 2.76. The van der Waals surface area contributed by atoms with Gasteiger partial charge in [-0.2, -0.15) is 0 Å². The first-order valence-electron chi connectivity index (χ1n) is 9.72. The molecule has 0 amide bonds. The van der Waals surface area contributed by atoms with Crippen LogP contribution in [0.1, 0.15) is 33.7 Å². The molecule has 0 bridgehead atoms. The number of phenols is 3. The number of benzene rings is 2. The molecule has 1 saturated heterocycles. The number of ketones is 1. The number of rotatable bonds is 3. The van der Waals surface area contributed by atoms with Crippen LogP contribution in [0.5, 0.6) is 23.0 Å². The third kappa shape index (κ3) is 3.45. The van der Waals surface area contributed by atoms with Gasteiger partial charge in [0, 0.05) is 6.07 Å². The van der Waals surface area contributed by atoms with E-state index >= 15 is 0 Å². The average molecular weight is 450 g/mol. The number of carbonyl (C=O) groups is 1. The lowest BCUT2D eigenvalue weighted by Crippen LogP contribution is -2.55.